The number of allylic oxidation sites excluding steroid dienone is 2. The van der Waals surface area contributed by atoms with Crippen molar-refractivity contribution in [3.05, 3.63) is 11.1 Å². The molecule has 0 radical (unpaired) electrons. The van der Waals surface area contributed by atoms with E-state index in [4.69, 9.17) is 0 Å². The summed E-state index contributed by atoms with van der Waals surface area (Å²) in [6.45, 7) is 11.6. The average Bonchev–Trinajstić information content (AvgIpc) is 1.97. The summed E-state index contributed by atoms with van der Waals surface area (Å²) in [5.41, 5.74) is 3.80. The minimum Gasteiger partial charge on any atom is -0.0767 e. The van der Waals surface area contributed by atoms with Crippen molar-refractivity contribution in [1.29, 1.82) is 0 Å². The summed E-state index contributed by atoms with van der Waals surface area (Å²) in [7, 11) is 0. The van der Waals surface area contributed by atoms with Gasteiger partial charge in [-0.05, 0) is 38.0 Å². The van der Waals surface area contributed by atoms with Crippen molar-refractivity contribution in [2.75, 3.05) is 0 Å². The Morgan fingerprint density at radius 2 is 2.09 bits per heavy atom. The van der Waals surface area contributed by atoms with Gasteiger partial charge in [-0.25, -0.2) is 0 Å². The van der Waals surface area contributed by atoms with Crippen molar-refractivity contribution in [3.8, 4) is 0 Å². The lowest BCUT2D eigenvalue weighted by atomic mass is 9.56. The Bertz CT molecular complexity index is 184. The maximum atomic E-state index is 2.41. The van der Waals surface area contributed by atoms with Crippen LogP contribution >= 0.6 is 0 Å². The molecule has 0 spiro atoms. The van der Waals surface area contributed by atoms with Crippen LogP contribution in [-0.2, 0) is 0 Å². The molecule has 1 saturated carbocycles. The third kappa shape index (κ3) is 1.13. The van der Waals surface area contributed by atoms with Gasteiger partial charge in [-0.15, -0.1) is 0 Å². The van der Waals surface area contributed by atoms with Gasteiger partial charge in [-0.2, -0.15) is 0 Å². The van der Waals surface area contributed by atoms with Gasteiger partial charge in [-0.1, -0.05) is 31.9 Å². The Labute approximate surface area is 70.7 Å². The van der Waals surface area contributed by atoms with E-state index in [1.807, 2.05) is 0 Å². The zero-order valence-corrected chi connectivity index (χ0v) is 8.49. The van der Waals surface area contributed by atoms with E-state index < -0.39 is 0 Å². The first-order chi connectivity index (χ1) is 5.02. The van der Waals surface area contributed by atoms with Crippen LogP contribution in [0, 0.1) is 11.3 Å². The highest BCUT2D eigenvalue weighted by Crippen LogP contribution is 2.54. The second-order valence-corrected chi connectivity index (χ2v) is 4.35. The molecule has 0 amide bonds. The number of hydrogen-bond acceptors (Lipinski definition) is 0. The van der Waals surface area contributed by atoms with E-state index in [-0.39, 0.29) is 0 Å². The molecule has 1 rings (SSSR count). The summed E-state index contributed by atoms with van der Waals surface area (Å²) in [5, 5.41) is 0. The molecule has 1 aliphatic carbocycles. The van der Waals surface area contributed by atoms with Gasteiger partial charge in [-0.3, -0.25) is 0 Å². The summed E-state index contributed by atoms with van der Waals surface area (Å²) < 4.78 is 0. The zero-order valence-electron chi connectivity index (χ0n) is 8.49. The van der Waals surface area contributed by atoms with Gasteiger partial charge in [0.1, 0.15) is 0 Å². The molecule has 0 aromatic heterocycles. The Hall–Kier alpha value is -0.260. The molecule has 0 N–H and O–H groups in total. The molecule has 64 valence electrons. The van der Waals surface area contributed by atoms with E-state index in [1.54, 1.807) is 11.1 Å². The van der Waals surface area contributed by atoms with Crippen LogP contribution < -0.4 is 0 Å². The van der Waals surface area contributed by atoms with Crippen molar-refractivity contribution in [3.63, 3.8) is 0 Å². The largest absolute Gasteiger partial charge is 0.0767 e. The fraction of sp³-hybridized carbons (Fsp3) is 0.818. The maximum absolute atomic E-state index is 2.41. The molecule has 1 aliphatic rings. The summed E-state index contributed by atoms with van der Waals surface area (Å²) in [6.07, 6.45) is 2.64. The summed E-state index contributed by atoms with van der Waals surface area (Å²) in [5.74, 6) is 0.900. The number of rotatable bonds is 1. The van der Waals surface area contributed by atoms with Crippen LogP contribution in [0.5, 0.6) is 0 Å². The van der Waals surface area contributed by atoms with Crippen molar-refractivity contribution >= 4 is 0 Å². The lowest BCUT2D eigenvalue weighted by molar-refractivity contribution is 0.151. The minimum absolute atomic E-state index is 0.541. The predicted octanol–water partition coefficient (Wildman–Crippen LogP) is 3.78. The second kappa shape index (κ2) is 2.66. The van der Waals surface area contributed by atoms with Crippen LogP contribution in [-0.4, -0.2) is 0 Å². The Morgan fingerprint density at radius 3 is 2.27 bits per heavy atom. The fourth-order valence-corrected chi connectivity index (χ4v) is 2.27. The van der Waals surface area contributed by atoms with Crippen LogP contribution in [0.25, 0.3) is 0 Å². The molecular weight excluding hydrogens is 132 g/mol. The molecule has 1 fully saturated rings. The van der Waals surface area contributed by atoms with Crippen LogP contribution in [0.4, 0.5) is 0 Å². The molecule has 0 heteroatoms. The van der Waals surface area contributed by atoms with Crippen molar-refractivity contribution in [2.24, 2.45) is 11.3 Å². The fourth-order valence-electron chi connectivity index (χ4n) is 2.27. The van der Waals surface area contributed by atoms with Crippen molar-refractivity contribution in [1.82, 2.24) is 0 Å². The lowest BCUT2D eigenvalue weighted by Gasteiger charge is -2.49. The van der Waals surface area contributed by atoms with Gasteiger partial charge in [0.2, 0.25) is 0 Å². The van der Waals surface area contributed by atoms with Gasteiger partial charge >= 0.3 is 0 Å². The van der Waals surface area contributed by atoms with Gasteiger partial charge in [0.25, 0.3) is 0 Å². The first kappa shape index (κ1) is 8.83. The highest BCUT2D eigenvalue weighted by Gasteiger charge is 2.42. The smallest absolute Gasteiger partial charge is 0.00878 e. The quantitative estimate of drug-likeness (QED) is 0.502. The molecule has 0 aliphatic heterocycles. The Balaban J connectivity index is 2.85. The predicted molar refractivity (Wildman–Crippen MR) is 50.6 cm³/mol. The maximum Gasteiger partial charge on any atom is -0.00878 e. The third-order valence-electron chi connectivity index (χ3n) is 3.63. The first-order valence-corrected chi connectivity index (χ1v) is 4.69. The third-order valence-corrected chi connectivity index (χ3v) is 3.63. The van der Waals surface area contributed by atoms with E-state index in [9.17, 15) is 0 Å². The van der Waals surface area contributed by atoms with E-state index in [2.05, 4.69) is 34.6 Å². The second-order valence-electron chi connectivity index (χ2n) is 4.35. The van der Waals surface area contributed by atoms with Crippen LogP contribution in [0.3, 0.4) is 0 Å². The summed E-state index contributed by atoms with van der Waals surface area (Å²) in [4.78, 5) is 0. The highest BCUT2D eigenvalue weighted by atomic mass is 14.5. The van der Waals surface area contributed by atoms with E-state index in [1.165, 1.54) is 12.8 Å². The van der Waals surface area contributed by atoms with Crippen LogP contribution in [0.15, 0.2) is 11.1 Å². The highest BCUT2D eigenvalue weighted by molar-refractivity contribution is 5.28. The Kier molecular flexibility index (Phi) is 2.13. The normalized spacial score (nSPS) is 36.8. The molecule has 0 saturated heterocycles. The average molecular weight is 152 g/mol. The van der Waals surface area contributed by atoms with Crippen LogP contribution in [0.1, 0.15) is 47.5 Å². The molecule has 11 heavy (non-hydrogen) atoms. The standard InChI is InChI=1S/C11H20/c1-6-11(5)9(4)7-10(11)8(2)3/h9H,6-7H2,1-5H3. The molecule has 0 aromatic carbocycles. The van der Waals surface area contributed by atoms with Gasteiger partial charge in [0, 0.05) is 0 Å². The van der Waals surface area contributed by atoms with Gasteiger partial charge in [0.05, 0.1) is 0 Å². The molecule has 0 bridgehead atoms. The number of hydrogen-bond donors (Lipinski definition) is 0. The molecular formula is C11H20. The summed E-state index contributed by atoms with van der Waals surface area (Å²) in [6, 6.07) is 0. The zero-order chi connectivity index (χ0) is 8.65. The van der Waals surface area contributed by atoms with Gasteiger partial charge in [0.15, 0.2) is 0 Å². The first-order valence-electron chi connectivity index (χ1n) is 4.69. The SMILES string of the molecule is CCC1(C)C(=C(C)C)CC1C. The minimum atomic E-state index is 0.541. The Morgan fingerprint density at radius 1 is 1.55 bits per heavy atom. The van der Waals surface area contributed by atoms with Crippen LogP contribution in [0.2, 0.25) is 0 Å². The van der Waals surface area contributed by atoms with Crippen molar-refractivity contribution in [2.45, 2.75) is 47.5 Å². The topological polar surface area (TPSA) is 0 Å². The van der Waals surface area contributed by atoms with Crippen molar-refractivity contribution < 1.29 is 0 Å². The molecule has 0 heterocycles. The molecule has 0 aromatic rings. The van der Waals surface area contributed by atoms with E-state index in [0.717, 1.165) is 5.92 Å². The van der Waals surface area contributed by atoms with E-state index >= 15 is 0 Å². The lowest BCUT2D eigenvalue weighted by Crippen LogP contribution is -2.38. The summed E-state index contributed by atoms with van der Waals surface area (Å²) >= 11 is 0. The monoisotopic (exact) mass is 152 g/mol. The van der Waals surface area contributed by atoms with E-state index in [0.29, 0.717) is 5.41 Å². The molecule has 0 nitrogen and oxygen atoms in total. The molecule has 2 atom stereocenters. The molecule has 2 unspecified atom stereocenters. The van der Waals surface area contributed by atoms with Gasteiger partial charge < -0.3 is 0 Å².